The van der Waals surface area contributed by atoms with Gasteiger partial charge in [-0.3, -0.25) is 4.72 Å². The summed E-state index contributed by atoms with van der Waals surface area (Å²) in [5, 5.41) is 0.835. The van der Waals surface area contributed by atoms with E-state index in [-0.39, 0.29) is 10.0 Å². The highest BCUT2D eigenvalue weighted by atomic mass is 79.9. The van der Waals surface area contributed by atoms with Gasteiger partial charge in [0.1, 0.15) is 10.0 Å². The fourth-order valence-corrected chi connectivity index (χ4v) is 3.91. The van der Waals surface area contributed by atoms with Crippen LogP contribution < -0.4 is 4.72 Å². The molecule has 2 aromatic heterocycles. The normalized spacial score (nSPS) is 11.7. The number of aromatic nitrogens is 2. The van der Waals surface area contributed by atoms with Crippen LogP contribution in [0.2, 0.25) is 5.15 Å². The fraction of sp³-hybridized carbons (Fsp3) is 0. The Morgan fingerprint density at radius 1 is 1.24 bits per heavy atom. The Hall–Kier alpha value is -1.57. The number of benzene rings is 1. The van der Waals surface area contributed by atoms with Crippen molar-refractivity contribution in [3.63, 3.8) is 0 Å². The summed E-state index contributed by atoms with van der Waals surface area (Å²) in [5.41, 5.74) is 1.39. The van der Waals surface area contributed by atoms with Crippen molar-refractivity contribution >= 4 is 54.1 Å². The van der Waals surface area contributed by atoms with Crippen molar-refractivity contribution < 1.29 is 8.42 Å². The molecule has 2 heterocycles. The Morgan fingerprint density at radius 3 is 2.86 bits per heavy atom. The highest BCUT2D eigenvalue weighted by molar-refractivity contribution is 9.10. The number of halogens is 2. The molecule has 0 fully saturated rings. The van der Waals surface area contributed by atoms with Crippen molar-refractivity contribution in [3.8, 4) is 0 Å². The molecule has 0 aliphatic heterocycles. The highest BCUT2D eigenvalue weighted by Gasteiger charge is 2.19. The Bertz CT molecular complexity index is 924. The maximum Gasteiger partial charge on any atom is 0.265 e. The van der Waals surface area contributed by atoms with Gasteiger partial charge in [-0.25, -0.2) is 13.4 Å². The lowest BCUT2D eigenvalue weighted by molar-refractivity contribution is 0.601. The second kappa shape index (κ2) is 5.32. The number of fused-ring (bicyclic) bond motifs is 1. The number of pyridine rings is 1. The minimum Gasteiger partial charge on any atom is -0.361 e. The SMILES string of the molecule is O=S(=O)(Nc1ccc2[nH]ccc2c1)c1cc(Br)cnc1Cl. The van der Waals surface area contributed by atoms with Gasteiger partial charge in [-0.1, -0.05) is 11.6 Å². The van der Waals surface area contributed by atoms with Gasteiger partial charge in [-0.2, -0.15) is 0 Å². The van der Waals surface area contributed by atoms with Gasteiger partial charge < -0.3 is 4.98 Å². The van der Waals surface area contributed by atoms with Gasteiger partial charge in [0, 0.05) is 33.5 Å². The van der Waals surface area contributed by atoms with Gasteiger partial charge in [0.15, 0.2) is 0 Å². The van der Waals surface area contributed by atoms with Crippen LogP contribution in [0, 0.1) is 0 Å². The number of sulfonamides is 1. The van der Waals surface area contributed by atoms with Gasteiger partial charge >= 0.3 is 0 Å². The van der Waals surface area contributed by atoms with Crippen LogP contribution in [0.3, 0.4) is 0 Å². The smallest absolute Gasteiger partial charge is 0.265 e. The molecule has 108 valence electrons. The molecule has 8 heteroatoms. The van der Waals surface area contributed by atoms with Crippen LogP contribution in [-0.4, -0.2) is 18.4 Å². The minimum atomic E-state index is -3.80. The third kappa shape index (κ3) is 2.90. The Labute approximate surface area is 134 Å². The number of nitrogens with one attached hydrogen (secondary N) is 2. The summed E-state index contributed by atoms with van der Waals surface area (Å²) < 4.78 is 27.8. The number of hydrogen-bond acceptors (Lipinski definition) is 3. The molecule has 2 N–H and O–H groups in total. The Kier molecular flexibility index (Phi) is 3.64. The molecule has 0 spiro atoms. The zero-order chi connectivity index (χ0) is 15.0. The molecule has 0 aliphatic rings. The average molecular weight is 387 g/mol. The summed E-state index contributed by atoms with van der Waals surface area (Å²) in [7, 11) is -3.80. The summed E-state index contributed by atoms with van der Waals surface area (Å²) in [6.07, 6.45) is 3.23. The molecule has 0 aliphatic carbocycles. The van der Waals surface area contributed by atoms with Crippen LogP contribution >= 0.6 is 27.5 Å². The lowest BCUT2D eigenvalue weighted by Gasteiger charge is -2.09. The first kappa shape index (κ1) is 14.4. The average Bonchev–Trinajstić information content (AvgIpc) is 2.88. The number of nitrogens with zero attached hydrogens (tertiary/aromatic N) is 1. The van der Waals surface area contributed by atoms with E-state index < -0.39 is 10.0 Å². The maximum atomic E-state index is 12.4. The highest BCUT2D eigenvalue weighted by Crippen LogP contribution is 2.26. The molecule has 0 saturated heterocycles. The van der Waals surface area contributed by atoms with Crippen molar-refractivity contribution in [2.75, 3.05) is 4.72 Å². The predicted molar refractivity (Wildman–Crippen MR) is 86.1 cm³/mol. The third-order valence-electron chi connectivity index (χ3n) is 2.87. The van der Waals surface area contributed by atoms with Crippen molar-refractivity contribution in [2.24, 2.45) is 0 Å². The molecule has 0 radical (unpaired) electrons. The summed E-state index contributed by atoms with van der Waals surface area (Å²) in [4.78, 5) is 6.79. The first-order valence-corrected chi connectivity index (χ1v) is 8.52. The second-order valence-corrected chi connectivity index (χ2v) is 7.25. The first-order valence-electron chi connectivity index (χ1n) is 5.87. The number of hydrogen-bond donors (Lipinski definition) is 2. The molecular weight excluding hydrogens is 378 g/mol. The largest absolute Gasteiger partial charge is 0.361 e. The van der Waals surface area contributed by atoms with Crippen LogP contribution in [0.5, 0.6) is 0 Å². The zero-order valence-corrected chi connectivity index (χ0v) is 13.6. The third-order valence-corrected chi connectivity index (χ3v) is 5.11. The van der Waals surface area contributed by atoms with Gasteiger partial charge in [-0.15, -0.1) is 0 Å². The summed E-state index contributed by atoms with van der Waals surface area (Å²) in [6.45, 7) is 0. The van der Waals surface area contributed by atoms with E-state index in [2.05, 4.69) is 30.6 Å². The van der Waals surface area contributed by atoms with Gasteiger partial charge in [0.25, 0.3) is 10.0 Å². The monoisotopic (exact) mass is 385 g/mol. The number of anilines is 1. The van der Waals surface area contributed by atoms with E-state index in [1.54, 1.807) is 24.4 Å². The number of aromatic amines is 1. The predicted octanol–water partition coefficient (Wildman–Crippen LogP) is 3.78. The van der Waals surface area contributed by atoms with E-state index in [4.69, 9.17) is 11.6 Å². The van der Waals surface area contributed by atoms with E-state index >= 15 is 0 Å². The van der Waals surface area contributed by atoms with Gasteiger partial charge in [0.05, 0.1) is 0 Å². The molecular formula is C13H9BrClN3O2S. The van der Waals surface area contributed by atoms with Gasteiger partial charge in [-0.05, 0) is 46.3 Å². The van der Waals surface area contributed by atoms with Crippen LogP contribution in [-0.2, 0) is 10.0 Å². The Balaban J connectivity index is 2.00. The summed E-state index contributed by atoms with van der Waals surface area (Å²) >= 11 is 9.05. The molecule has 0 unspecified atom stereocenters. The molecule has 5 nitrogen and oxygen atoms in total. The zero-order valence-electron chi connectivity index (χ0n) is 10.5. The van der Waals surface area contributed by atoms with Crippen LogP contribution in [0.25, 0.3) is 10.9 Å². The molecule has 0 saturated carbocycles. The van der Waals surface area contributed by atoms with E-state index in [9.17, 15) is 8.42 Å². The summed E-state index contributed by atoms with van der Waals surface area (Å²) in [6, 6.07) is 8.49. The van der Waals surface area contributed by atoms with Crippen molar-refractivity contribution in [1.29, 1.82) is 0 Å². The van der Waals surface area contributed by atoms with Crippen LogP contribution in [0.1, 0.15) is 0 Å². The van der Waals surface area contributed by atoms with Crippen LogP contribution in [0.15, 0.2) is 52.1 Å². The van der Waals surface area contributed by atoms with Crippen molar-refractivity contribution in [2.45, 2.75) is 4.90 Å². The molecule has 0 atom stereocenters. The van der Waals surface area contributed by atoms with Crippen molar-refractivity contribution in [3.05, 3.63) is 52.4 Å². The molecule has 3 aromatic rings. The van der Waals surface area contributed by atoms with Crippen molar-refractivity contribution in [1.82, 2.24) is 9.97 Å². The van der Waals surface area contributed by atoms with E-state index in [1.807, 2.05) is 6.07 Å². The quantitative estimate of drug-likeness (QED) is 0.673. The molecule has 21 heavy (non-hydrogen) atoms. The standard InChI is InChI=1S/C13H9BrClN3O2S/c14-9-6-12(13(15)17-7-9)21(19,20)18-10-1-2-11-8(5-10)3-4-16-11/h1-7,16,18H. The first-order chi connectivity index (χ1) is 9.95. The lowest BCUT2D eigenvalue weighted by atomic mass is 10.2. The molecule has 0 amide bonds. The summed E-state index contributed by atoms with van der Waals surface area (Å²) in [5.74, 6) is 0. The fourth-order valence-electron chi connectivity index (χ4n) is 1.92. The second-order valence-electron chi connectivity index (χ2n) is 4.33. The molecule has 0 bridgehead atoms. The van der Waals surface area contributed by atoms with Gasteiger partial charge in [0.2, 0.25) is 0 Å². The van der Waals surface area contributed by atoms with E-state index in [1.165, 1.54) is 12.3 Å². The van der Waals surface area contributed by atoms with Crippen LogP contribution in [0.4, 0.5) is 5.69 Å². The molecule has 1 aromatic carbocycles. The topological polar surface area (TPSA) is 74.8 Å². The van der Waals surface area contributed by atoms with E-state index in [0.717, 1.165) is 10.9 Å². The minimum absolute atomic E-state index is 0.0755. The van der Waals surface area contributed by atoms with E-state index in [0.29, 0.717) is 10.2 Å². The Morgan fingerprint density at radius 2 is 2.05 bits per heavy atom. The maximum absolute atomic E-state index is 12.4. The number of H-pyrrole nitrogens is 1. The molecule has 3 rings (SSSR count). The lowest BCUT2D eigenvalue weighted by Crippen LogP contribution is -2.14. The number of rotatable bonds is 3.